The number of carbonyl (C=O) groups is 2. The standard InChI is InChI=1S/C20H27N3O2S/c21-18(25)17-15-1-2-23(9-16(15)26-19(17)22-11-24)10-20-6-12-3-13(7-20)5-14(4-12)8-20/h11-14H,1-10H2,(H2,21,25)(H,22,24). The molecule has 4 bridgehead atoms. The molecular weight excluding hydrogens is 346 g/mol. The van der Waals surface area contributed by atoms with E-state index in [4.69, 9.17) is 5.73 Å². The van der Waals surface area contributed by atoms with Gasteiger partial charge in [0.1, 0.15) is 5.00 Å². The predicted octanol–water partition coefficient (Wildman–Crippen LogP) is 2.99. The molecule has 6 rings (SSSR count). The topological polar surface area (TPSA) is 75.4 Å². The van der Waals surface area contributed by atoms with E-state index in [0.717, 1.165) is 42.8 Å². The predicted molar refractivity (Wildman–Crippen MR) is 102 cm³/mol. The van der Waals surface area contributed by atoms with Gasteiger partial charge in [-0.05, 0) is 73.7 Å². The van der Waals surface area contributed by atoms with Crippen LogP contribution in [0.1, 0.15) is 59.3 Å². The summed E-state index contributed by atoms with van der Waals surface area (Å²) in [6, 6.07) is 0. The van der Waals surface area contributed by atoms with Crippen molar-refractivity contribution < 1.29 is 9.59 Å². The van der Waals surface area contributed by atoms with Crippen LogP contribution in [0.3, 0.4) is 0 Å². The van der Waals surface area contributed by atoms with E-state index in [1.165, 1.54) is 61.3 Å². The van der Waals surface area contributed by atoms with Crippen LogP contribution in [0, 0.1) is 23.2 Å². The Morgan fingerprint density at radius 2 is 1.88 bits per heavy atom. The Bertz CT molecular complexity index is 721. The van der Waals surface area contributed by atoms with Gasteiger partial charge in [0.05, 0.1) is 5.56 Å². The van der Waals surface area contributed by atoms with Crippen molar-refractivity contribution in [3.8, 4) is 0 Å². The second kappa shape index (κ2) is 6.06. The van der Waals surface area contributed by atoms with E-state index >= 15 is 0 Å². The molecule has 4 aliphatic carbocycles. The van der Waals surface area contributed by atoms with Gasteiger partial charge in [-0.2, -0.15) is 0 Å². The van der Waals surface area contributed by atoms with Crippen LogP contribution in [0.5, 0.6) is 0 Å². The Hall–Kier alpha value is -1.40. The molecular formula is C20H27N3O2S. The lowest BCUT2D eigenvalue weighted by Gasteiger charge is -2.58. The highest BCUT2D eigenvalue weighted by Crippen LogP contribution is 2.60. The summed E-state index contributed by atoms with van der Waals surface area (Å²) in [5.41, 5.74) is 7.72. The SMILES string of the molecule is NC(=O)c1c(NC=O)sc2c1CCN(CC13CC4CC(CC(C4)C1)C3)C2. The number of primary amides is 1. The molecule has 1 aromatic rings. The Morgan fingerprint density at radius 3 is 2.46 bits per heavy atom. The molecule has 5 aliphatic rings. The summed E-state index contributed by atoms with van der Waals surface area (Å²) in [5.74, 6) is 2.51. The van der Waals surface area contributed by atoms with Crippen molar-refractivity contribution in [3.63, 3.8) is 0 Å². The zero-order valence-electron chi connectivity index (χ0n) is 15.1. The minimum absolute atomic E-state index is 0.429. The number of nitrogens with zero attached hydrogens (tertiary/aromatic N) is 1. The van der Waals surface area contributed by atoms with Crippen LogP contribution in [-0.4, -0.2) is 30.3 Å². The monoisotopic (exact) mass is 373 g/mol. The molecule has 0 atom stereocenters. The Balaban J connectivity index is 1.36. The number of anilines is 1. The lowest BCUT2D eigenvalue weighted by atomic mass is 9.49. The van der Waals surface area contributed by atoms with Gasteiger partial charge in [-0.25, -0.2) is 0 Å². The molecule has 0 saturated heterocycles. The maximum atomic E-state index is 11.9. The third-order valence-electron chi connectivity index (χ3n) is 7.30. The molecule has 2 amide bonds. The Labute approximate surface area is 158 Å². The first-order chi connectivity index (χ1) is 12.5. The Morgan fingerprint density at radius 1 is 1.23 bits per heavy atom. The summed E-state index contributed by atoms with van der Waals surface area (Å²) in [6.45, 7) is 3.09. The third kappa shape index (κ3) is 2.69. The largest absolute Gasteiger partial charge is 0.365 e. The normalized spacial score (nSPS) is 35.3. The fraction of sp³-hybridized carbons (Fsp3) is 0.700. The van der Waals surface area contributed by atoms with Gasteiger partial charge in [0.25, 0.3) is 5.91 Å². The lowest BCUT2D eigenvalue weighted by Crippen LogP contribution is -2.51. The van der Waals surface area contributed by atoms with E-state index in [9.17, 15) is 9.59 Å². The summed E-state index contributed by atoms with van der Waals surface area (Å²) in [6.07, 6.45) is 10.2. The number of carbonyl (C=O) groups excluding carboxylic acids is 2. The van der Waals surface area contributed by atoms with E-state index in [1.54, 1.807) is 0 Å². The molecule has 3 N–H and O–H groups in total. The first-order valence-corrected chi connectivity index (χ1v) is 10.7. The van der Waals surface area contributed by atoms with Crippen molar-refractivity contribution in [2.24, 2.45) is 28.9 Å². The van der Waals surface area contributed by atoms with Crippen molar-refractivity contribution in [3.05, 3.63) is 16.0 Å². The number of rotatable bonds is 5. The average Bonchev–Trinajstić information content (AvgIpc) is 2.90. The molecule has 2 heterocycles. The molecule has 140 valence electrons. The molecule has 6 heteroatoms. The first-order valence-electron chi connectivity index (χ1n) is 9.92. The number of nitrogens with two attached hydrogens (primary N) is 1. The van der Waals surface area contributed by atoms with Gasteiger partial charge in [-0.1, -0.05) is 0 Å². The van der Waals surface area contributed by atoms with Crippen LogP contribution in [-0.2, 0) is 17.8 Å². The molecule has 26 heavy (non-hydrogen) atoms. The van der Waals surface area contributed by atoms with Crippen molar-refractivity contribution >= 4 is 28.7 Å². The van der Waals surface area contributed by atoms with E-state index in [2.05, 4.69) is 10.2 Å². The number of thiophene rings is 1. The molecule has 4 fully saturated rings. The molecule has 0 radical (unpaired) electrons. The molecule has 1 aromatic heterocycles. The van der Waals surface area contributed by atoms with Gasteiger partial charge in [0, 0.05) is 24.5 Å². The van der Waals surface area contributed by atoms with E-state index in [-0.39, 0.29) is 0 Å². The van der Waals surface area contributed by atoms with Crippen molar-refractivity contribution in [1.29, 1.82) is 0 Å². The summed E-state index contributed by atoms with van der Waals surface area (Å²) >= 11 is 1.53. The van der Waals surface area contributed by atoms with Gasteiger partial charge < -0.3 is 11.1 Å². The molecule has 4 saturated carbocycles. The molecule has 5 nitrogen and oxygen atoms in total. The second-order valence-corrected chi connectivity index (χ2v) is 10.3. The number of amides is 2. The smallest absolute Gasteiger partial charge is 0.251 e. The van der Waals surface area contributed by atoms with Crippen molar-refractivity contribution in [1.82, 2.24) is 4.90 Å². The zero-order chi connectivity index (χ0) is 17.9. The summed E-state index contributed by atoms with van der Waals surface area (Å²) in [5, 5.41) is 3.29. The highest BCUT2D eigenvalue weighted by molar-refractivity contribution is 7.16. The Kier molecular flexibility index (Phi) is 3.90. The second-order valence-electron chi connectivity index (χ2n) is 9.21. The fourth-order valence-corrected chi connectivity index (χ4v) is 8.22. The highest BCUT2D eigenvalue weighted by Gasteiger charge is 2.51. The highest BCUT2D eigenvalue weighted by atomic mass is 32.1. The van der Waals surface area contributed by atoms with Crippen LogP contribution >= 0.6 is 11.3 Å². The minimum atomic E-state index is -0.429. The van der Waals surface area contributed by atoms with E-state index in [0.29, 0.717) is 22.4 Å². The molecule has 0 spiro atoms. The number of nitrogens with one attached hydrogen (secondary N) is 1. The van der Waals surface area contributed by atoms with Gasteiger partial charge in [0.2, 0.25) is 6.41 Å². The van der Waals surface area contributed by atoms with Crippen LogP contribution in [0.15, 0.2) is 0 Å². The van der Waals surface area contributed by atoms with Gasteiger partial charge in [-0.3, -0.25) is 14.5 Å². The maximum Gasteiger partial charge on any atom is 0.251 e. The summed E-state index contributed by atoms with van der Waals surface area (Å²) in [7, 11) is 0. The van der Waals surface area contributed by atoms with Crippen LogP contribution in [0.2, 0.25) is 0 Å². The van der Waals surface area contributed by atoms with E-state index < -0.39 is 5.91 Å². The van der Waals surface area contributed by atoms with Crippen molar-refractivity contribution in [2.75, 3.05) is 18.4 Å². The number of hydrogen-bond donors (Lipinski definition) is 2. The molecule has 1 aliphatic heterocycles. The quantitative estimate of drug-likeness (QED) is 0.779. The average molecular weight is 374 g/mol. The minimum Gasteiger partial charge on any atom is -0.365 e. The van der Waals surface area contributed by atoms with Crippen molar-refractivity contribution in [2.45, 2.75) is 51.5 Å². The number of fused-ring (bicyclic) bond motifs is 1. The summed E-state index contributed by atoms with van der Waals surface area (Å²) in [4.78, 5) is 26.6. The maximum absolute atomic E-state index is 11.9. The third-order valence-corrected chi connectivity index (χ3v) is 8.44. The van der Waals surface area contributed by atoms with Gasteiger partial charge in [-0.15, -0.1) is 11.3 Å². The van der Waals surface area contributed by atoms with Gasteiger partial charge >= 0.3 is 0 Å². The van der Waals surface area contributed by atoms with Crippen LogP contribution in [0.25, 0.3) is 0 Å². The molecule has 0 aromatic carbocycles. The van der Waals surface area contributed by atoms with Gasteiger partial charge in [0.15, 0.2) is 0 Å². The first kappa shape index (κ1) is 16.8. The summed E-state index contributed by atoms with van der Waals surface area (Å²) < 4.78 is 0. The zero-order valence-corrected chi connectivity index (χ0v) is 15.9. The van der Waals surface area contributed by atoms with Crippen LogP contribution in [0.4, 0.5) is 5.00 Å². The lowest BCUT2D eigenvalue weighted by molar-refractivity contribution is -0.105. The fourth-order valence-electron chi connectivity index (χ4n) is 6.97. The molecule has 0 unspecified atom stereocenters. The number of hydrogen-bond acceptors (Lipinski definition) is 4. The van der Waals surface area contributed by atoms with E-state index in [1.807, 2.05) is 0 Å². The van der Waals surface area contributed by atoms with Crippen LogP contribution < -0.4 is 11.1 Å².